The Morgan fingerprint density at radius 1 is 1.07 bits per heavy atom. The zero-order valence-electron chi connectivity index (χ0n) is 25.2. The third-order valence-corrected chi connectivity index (χ3v) is 10.3. The smallest absolute Gasteiger partial charge is 0.319 e. The SMILES string of the molecule is C#Cc1c(F)ccc2cccc(-c3nc(C)c4c(N5CC6CCC(C5)N6)nc(OC[C@@]56CCCN5C[C@H](C)C6)nc4c3F)c12. The molecule has 8 rings (SSSR count). The van der Waals surface area contributed by atoms with Crippen LogP contribution in [0, 0.1) is 36.8 Å². The molecule has 0 aliphatic carbocycles. The van der Waals surface area contributed by atoms with Crippen LogP contribution in [-0.4, -0.2) is 70.3 Å². The summed E-state index contributed by atoms with van der Waals surface area (Å²) in [4.78, 5) is 19.3. The number of ether oxygens (including phenoxy) is 1. The summed E-state index contributed by atoms with van der Waals surface area (Å²) in [6.07, 6.45) is 11.3. The Labute approximate surface area is 256 Å². The molecule has 2 bridgehead atoms. The van der Waals surface area contributed by atoms with Crippen LogP contribution in [0.3, 0.4) is 0 Å². The highest BCUT2D eigenvalue weighted by atomic mass is 19.1. The lowest BCUT2D eigenvalue weighted by atomic mass is 9.92. The van der Waals surface area contributed by atoms with E-state index in [1.165, 1.54) is 6.07 Å². The fourth-order valence-electron chi connectivity index (χ4n) is 8.46. The monoisotopic (exact) mass is 594 g/mol. The second kappa shape index (κ2) is 10.4. The fraction of sp³-hybridized carbons (Fsp3) is 0.457. The van der Waals surface area contributed by atoms with Crippen molar-refractivity contribution in [1.82, 2.24) is 25.2 Å². The molecular formula is C35H36F2N6O. The lowest BCUT2D eigenvalue weighted by Crippen LogP contribution is -2.51. The summed E-state index contributed by atoms with van der Waals surface area (Å²) in [5.74, 6) is 2.62. The van der Waals surface area contributed by atoms with Crippen LogP contribution in [0.15, 0.2) is 30.3 Å². The van der Waals surface area contributed by atoms with Gasteiger partial charge in [0.2, 0.25) is 0 Å². The van der Waals surface area contributed by atoms with Crippen LogP contribution in [0.25, 0.3) is 32.9 Å². The second-order valence-electron chi connectivity index (χ2n) is 13.3. The van der Waals surface area contributed by atoms with E-state index in [1.54, 1.807) is 12.1 Å². The van der Waals surface area contributed by atoms with Crippen LogP contribution in [0.4, 0.5) is 14.6 Å². The first-order valence-electron chi connectivity index (χ1n) is 15.8. The number of aryl methyl sites for hydroxylation is 1. The minimum absolute atomic E-state index is 0.0252. The Bertz CT molecular complexity index is 1840. The van der Waals surface area contributed by atoms with E-state index in [0.717, 1.165) is 58.3 Å². The Balaban J connectivity index is 1.29. The topological polar surface area (TPSA) is 66.4 Å². The van der Waals surface area contributed by atoms with Gasteiger partial charge in [-0.15, -0.1) is 6.42 Å². The van der Waals surface area contributed by atoms with Crippen molar-refractivity contribution in [1.29, 1.82) is 0 Å². The highest BCUT2D eigenvalue weighted by Crippen LogP contribution is 2.43. The van der Waals surface area contributed by atoms with Crippen LogP contribution in [0.5, 0.6) is 6.01 Å². The lowest BCUT2D eigenvalue weighted by Gasteiger charge is -2.35. The van der Waals surface area contributed by atoms with Gasteiger partial charge in [-0.3, -0.25) is 4.90 Å². The van der Waals surface area contributed by atoms with Gasteiger partial charge in [0, 0.05) is 42.7 Å². The third-order valence-electron chi connectivity index (χ3n) is 10.3. The summed E-state index contributed by atoms with van der Waals surface area (Å²) in [7, 11) is 0. The number of hydrogen-bond acceptors (Lipinski definition) is 7. The maximum atomic E-state index is 16.9. The van der Waals surface area contributed by atoms with Gasteiger partial charge in [-0.05, 0) is 62.9 Å². The molecule has 9 heteroatoms. The first-order valence-corrected chi connectivity index (χ1v) is 15.8. The van der Waals surface area contributed by atoms with Gasteiger partial charge in [0.05, 0.1) is 22.2 Å². The molecule has 4 aliphatic rings. The van der Waals surface area contributed by atoms with Crippen molar-refractivity contribution in [3.05, 3.63) is 53.2 Å². The van der Waals surface area contributed by atoms with E-state index in [-0.39, 0.29) is 28.3 Å². The maximum Gasteiger partial charge on any atom is 0.319 e. The molecular weight excluding hydrogens is 558 g/mol. The molecule has 2 aromatic heterocycles. The second-order valence-corrected chi connectivity index (χ2v) is 13.3. The van der Waals surface area contributed by atoms with Gasteiger partial charge in [-0.2, -0.15) is 9.97 Å². The number of terminal acetylenes is 1. The number of halogens is 2. The molecule has 6 heterocycles. The lowest BCUT2D eigenvalue weighted by molar-refractivity contribution is 0.107. The molecule has 1 N–H and O–H groups in total. The molecule has 0 radical (unpaired) electrons. The average Bonchev–Trinajstić information content (AvgIpc) is 3.67. The summed E-state index contributed by atoms with van der Waals surface area (Å²) >= 11 is 0. The molecule has 4 aliphatic heterocycles. The number of nitrogens with zero attached hydrogens (tertiary/aromatic N) is 5. The Morgan fingerprint density at radius 2 is 1.89 bits per heavy atom. The molecule has 0 spiro atoms. The van der Waals surface area contributed by atoms with Crippen LogP contribution in [-0.2, 0) is 0 Å². The van der Waals surface area contributed by atoms with Gasteiger partial charge in [0.1, 0.15) is 29.5 Å². The van der Waals surface area contributed by atoms with Crippen molar-refractivity contribution in [2.45, 2.75) is 63.6 Å². The van der Waals surface area contributed by atoms with E-state index >= 15 is 4.39 Å². The number of benzene rings is 2. The van der Waals surface area contributed by atoms with Gasteiger partial charge in [-0.25, -0.2) is 13.8 Å². The molecule has 0 amide bonds. The van der Waals surface area contributed by atoms with Crippen molar-refractivity contribution in [3.8, 4) is 29.6 Å². The van der Waals surface area contributed by atoms with E-state index in [2.05, 4.69) is 28.0 Å². The Kier molecular flexibility index (Phi) is 6.51. The first kappa shape index (κ1) is 27.7. The van der Waals surface area contributed by atoms with E-state index in [9.17, 15) is 4.39 Å². The number of fused-ring (bicyclic) bond motifs is 5. The van der Waals surface area contributed by atoms with Crippen molar-refractivity contribution >= 4 is 27.5 Å². The molecule has 44 heavy (non-hydrogen) atoms. The van der Waals surface area contributed by atoms with Crippen LogP contribution in [0.1, 0.15) is 50.3 Å². The third kappa shape index (κ3) is 4.33. The average molecular weight is 595 g/mol. The fourth-order valence-corrected chi connectivity index (χ4v) is 8.46. The van der Waals surface area contributed by atoms with Crippen LogP contribution >= 0.6 is 0 Å². The molecule has 2 unspecified atom stereocenters. The standard InChI is InChI=1S/C35H36F2N6O/c1-4-25-27(36)12-9-22-7-5-8-26(29(22)25)31-30(37)32-28(21(3)38-31)33(42-17-23-10-11-24(18-42)39-23)41-34(40-32)44-19-35-13-6-14-43(35)16-20(2)15-35/h1,5,7-9,12,20,23-24,39H,6,10-11,13-19H2,2-3H3/t20-,23?,24?,35+/m1/s1. The highest BCUT2D eigenvalue weighted by Gasteiger charge is 2.48. The summed E-state index contributed by atoms with van der Waals surface area (Å²) in [6.45, 7) is 8.32. The Morgan fingerprint density at radius 3 is 2.68 bits per heavy atom. The van der Waals surface area contributed by atoms with E-state index in [4.69, 9.17) is 26.1 Å². The minimum Gasteiger partial charge on any atom is -0.461 e. The molecule has 4 aromatic rings. The van der Waals surface area contributed by atoms with Gasteiger partial charge in [-0.1, -0.05) is 37.1 Å². The largest absolute Gasteiger partial charge is 0.461 e. The highest BCUT2D eigenvalue weighted by molar-refractivity contribution is 6.02. The number of hydrogen-bond donors (Lipinski definition) is 1. The molecule has 7 nitrogen and oxygen atoms in total. The number of anilines is 1. The van der Waals surface area contributed by atoms with Gasteiger partial charge >= 0.3 is 6.01 Å². The van der Waals surface area contributed by atoms with Crippen LogP contribution < -0.4 is 15.0 Å². The van der Waals surface area contributed by atoms with Crippen LogP contribution in [0.2, 0.25) is 0 Å². The molecule has 226 valence electrons. The number of nitrogens with one attached hydrogen (secondary N) is 1. The minimum atomic E-state index is -0.591. The number of aromatic nitrogens is 3. The molecule has 4 fully saturated rings. The molecule has 0 saturated carbocycles. The first-order chi connectivity index (χ1) is 21.3. The summed E-state index contributed by atoms with van der Waals surface area (Å²) in [6, 6.07) is 9.29. The number of pyridine rings is 1. The Hall–Kier alpha value is -3.87. The van der Waals surface area contributed by atoms with Crippen molar-refractivity contribution in [2.24, 2.45) is 5.92 Å². The summed E-state index contributed by atoms with van der Waals surface area (Å²) in [5, 5.41) is 5.43. The van der Waals surface area contributed by atoms with Gasteiger partial charge < -0.3 is 15.0 Å². The normalized spacial score (nSPS) is 26.4. The maximum absolute atomic E-state index is 16.9. The van der Waals surface area contributed by atoms with Crippen molar-refractivity contribution in [2.75, 3.05) is 37.7 Å². The van der Waals surface area contributed by atoms with E-state index in [0.29, 0.717) is 57.8 Å². The molecule has 4 atom stereocenters. The summed E-state index contributed by atoms with van der Waals surface area (Å²) in [5.41, 5.74) is 1.35. The predicted molar refractivity (Wildman–Crippen MR) is 168 cm³/mol. The molecule has 4 saturated heterocycles. The van der Waals surface area contributed by atoms with Crippen molar-refractivity contribution in [3.63, 3.8) is 0 Å². The van der Waals surface area contributed by atoms with E-state index in [1.807, 2.05) is 19.1 Å². The quantitative estimate of drug-likeness (QED) is 0.302. The molecule has 2 aromatic carbocycles. The zero-order valence-corrected chi connectivity index (χ0v) is 25.2. The predicted octanol–water partition coefficient (Wildman–Crippen LogP) is 5.61. The zero-order chi connectivity index (χ0) is 30.2. The number of rotatable bonds is 5. The van der Waals surface area contributed by atoms with E-state index < -0.39 is 11.6 Å². The number of piperazine rings is 1. The van der Waals surface area contributed by atoms with Gasteiger partial charge in [0.25, 0.3) is 0 Å². The van der Waals surface area contributed by atoms with Crippen molar-refractivity contribution < 1.29 is 13.5 Å². The summed E-state index contributed by atoms with van der Waals surface area (Å²) < 4.78 is 38.2. The van der Waals surface area contributed by atoms with Gasteiger partial charge in [0.15, 0.2) is 5.82 Å².